The van der Waals surface area contributed by atoms with Crippen LogP contribution in [-0.4, -0.2) is 49.5 Å². The highest BCUT2D eigenvalue weighted by Gasteiger charge is 2.47. The third-order valence-corrected chi connectivity index (χ3v) is 6.87. The molecule has 2 N–H and O–H groups in total. The van der Waals surface area contributed by atoms with Crippen molar-refractivity contribution in [2.24, 2.45) is 11.7 Å². The third-order valence-electron chi connectivity index (χ3n) is 4.45. The van der Waals surface area contributed by atoms with E-state index >= 15 is 0 Å². The van der Waals surface area contributed by atoms with Gasteiger partial charge in [0.15, 0.2) is 0 Å². The van der Waals surface area contributed by atoms with Gasteiger partial charge in [0.1, 0.15) is 6.04 Å². The fraction of sp³-hybridized carbons (Fsp3) is 0.846. The lowest BCUT2D eigenvalue weighted by Crippen LogP contribution is -2.54. The zero-order chi connectivity index (χ0) is 15.6. The molecule has 0 spiro atoms. The summed E-state index contributed by atoms with van der Waals surface area (Å²) in [6.45, 7) is 0.292. The van der Waals surface area contributed by atoms with Crippen molar-refractivity contribution in [2.45, 2.75) is 49.8 Å². The maximum absolute atomic E-state index is 12.8. The van der Waals surface area contributed by atoms with E-state index in [4.69, 9.17) is 10.5 Å². The maximum Gasteiger partial charge on any atom is 0.310 e. The first kappa shape index (κ1) is 16.2. The van der Waals surface area contributed by atoms with Gasteiger partial charge in [-0.15, -0.1) is 0 Å². The molecule has 120 valence electrons. The van der Waals surface area contributed by atoms with Crippen LogP contribution >= 0.6 is 0 Å². The van der Waals surface area contributed by atoms with Crippen molar-refractivity contribution >= 4 is 21.9 Å². The molecule has 2 rings (SSSR count). The number of rotatable bonds is 4. The molecule has 2 fully saturated rings. The van der Waals surface area contributed by atoms with E-state index in [-0.39, 0.29) is 0 Å². The summed E-state index contributed by atoms with van der Waals surface area (Å²) in [6.07, 6.45) is 3.53. The Morgan fingerprint density at radius 3 is 2.48 bits per heavy atom. The molecule has 3 unspecified atom stereocenters. The van der Waals surface area contributed by atoms with Gasteiger partial charge in [0.25, 0.3) is 0 Å². The average molecular weight is 318 g/mol. The number of primary amides is 1. The number of amides is 1. The van der Waals surface area contributed by atoms with Crippen LogP contribution in [0.25, 0.3) is 0 Å². The third kappa shape index (κ3) is 3.06. The standard InChI is InChI=1S/C13H22N2O5S/c1-20-13(17)9-5-4-7-11(9)21(18,19)15-8-3-2-6-10(15)12(14)16/h9-11H,2-8H2,1H3,(H2,14,16). The Labute approximate surface area is 124 Å². The van der Waals surface area contributed by atoms with E-state index in [1.165, 1.54) is 11.4 Å². The fourth-order valence-electron chi connectivity index (χ4n) is 3.37. The molecule has 1 saturated heterocycles. The molecular weight excluding hydrogens is 296 g/mol. The van der Waals surface area contributed by atoms with Crippen molar-refractivity contribution in [3.63, 3.8) is 0 Å². The van der Waals surface area contributed by atoms with E-state index in [1.54, 1.807) is 0 Å². The molecule has 0 bridgehead atoms. The largest absolute Gasteiger partial charge is 0.469 e. The molecule has 1 saturated carbocycles. The van der Waals surface area contributed by atoms with Crippen molar-refractivity contribution < 1.29 is 22.7 Å². The monoisotopic (exact) mass is 318 g/mol. The molecule has 8 heteroatoms. The van der Waals surface area contributed by atoms with Gasteiger partial charge in [0.2, 0.25) is 15.9 Å². The molecule has 1 aliphatic heterocycles. The van der Waals surface area contributed by atoms with Crippen LogP contribution in [0.4, 0.5) is 0 Å². The number of nitrogens with zero attached hydrogens (tertiary/aromatic N) is 1. The Bertz CT molecular complexity index is 519. The van der Waals surface area contributed by atoms with Crippen LogP contribution in [0.5, 0.6) is 0 Å². The fourth-order valence-corrected chi connectivity index (χ4v) is 5.79. The first-order chi connectivity index (χ1) is 9.89. The van der Waals surface area contributed by atoms with Crippen LogP contribution in [0.1, 0.15) is 38.5 Å². The average Bonchev–Trinajstić information content (AvgIpc) is 2.96. The van der Waals surface area contributed by atoms with Crippen LogP contribution in [-0.2, 0) is 24.3 Å². The van der Waals surface area contributed by atoms with Crippen molar-refractivity contribution in [3.05, 3.63) is 0 Å². The van der Waals surface area contributed by atoms with Crippen LogP contribution in [0.15, 0.2) is 0 Å². The highest BCUT2D eigenvalue weighted by molar-refractivity contribution is 7.89. The van der Waals surface area contributed by atoms with Crippen molar-refractivity contribution in [1.82, 2.24) is 4.31 Å². The number of methoxy groups -OCH3 is 1. The van der Waals surface area contributed by atoms with Gasteiger partial charge in [-0.25, -0.2) is 8.42 Å². The number of carbonyl (C=O) groups is 2. The quantitative estimate of drug-likeness (QED) is 0.734. The molecule has 7 nitrogen and oxygen atoms in total. The summed E-state index contributed by atoms with van der Waals surface area (Å²) in [5, 5.41) is -0.801. The highest BCUT2D eigenvalue weighted by Crippen LogP contribution is 2.35. The van der Waals surface area contributed by atoms with Gasteiger partial charge in [-0.3, -0.25) is 9.59 Å². The van der Waals surface area contributed by atoms with E-state index in [9.17, 15) is 18.0 Å². The van der Waals surface area contributed by atoms with Crippen molar-refractivity contribution in [2.75, 3.05) is 13.7 Å². The number of sulfonamides is 1. The molecular formula is C13H22N2O5S. The summed E-state index contributed by atoms with van der Waals surface area (Å²) < 4.78 is 31.6. The topological polar surface area (TPSA) is 107 Å². The van der Waals surface area contributed by atoms with E-state index in [0.29, 0.717) is 38.6 Å². The molecule has 1 amide bonds. The minimum Gasteiger partial charge on any atom is -0.469 e. The Balaban J connectivity index is 2.27. The molecule has 2 aliphatic rings. The molecule has 0 aromatic carbocycles. The number of esters is 1. The molecule has 0 radical (unpaired) electrons. The lowest BCUT2D eigenvalue weighted by molar-refractivity contribution is -0.145. The van der Waals surface area contributed by atoms with Gasteiger partial charge >= 0.3 is 5.97 Å². The van der Waals surface area contributed by atoms with Crippen LogP contribution < -0.4 is 5.73 Å². The second-order valence-corrected chi connectivity index (χ2v) is 7.77. The zero-order valence-electron chi connectivity index (χ0n) is 12.2. The SMILES string of the molecule is COC(=O)C1CCCC1S(=O)(=O)N1CCCCC1C(N)=O. The minimum absolute atomic E-state index is 0.292. The maximum atomic E-state index is 12.8. The minimum atomic E-state index is -3.73. The normalized spacial score (nSPS) is 31.0. The Hall–Kier alpha value is -1.15. The van der Waals surface area contributed by atoms with E-state index in [1.807, 2.05) is 0 Å². The van der Waals surface area contributed by atoms with E-state index in [0.717, 1.165) is 6.42 Å². The second-order valence-electron chi connectivity index (χ2n) is 5.67. The molecule has 0 aromatic rings. The number of piperidine rings is 1. The summed E-state index contributed by atoms with van der Waals surface area (Å²) in [5.74, 6) is -1.75. The first-order valence-electron chi connectivity index (χ1n) is 7.27. The van der Waals surface area contributed by atoms with Gasteiger partial charge in [0.05, 0.1) is 18.3 Å². The summed E-state index contributed by atoms with van der Waals surface area (Å²) in [6, 6.07) is -0.789. The molecule has 1 heterocycles. The summed E-state index contributed by atoms with van der Waals surface area (Å²) in [4.78, 5) is 23.3. The molecule has 0 aromatic heterocycles. The predicted octanol–water partition coefficient (Wildman–Crippen LogP) is -0.00230. The van der Waals surface area contributed by atoms with E-state index in [2.05, 4.69) is 0 Å². The number of hydrogen-bond acceptors (Lipinski definition) is 5. The van der Waals surface area contributed by atoms with Crippen LogP contribution in [0.3, 0.4) is 0 Å². The number of carbonyl (C=O) groups excluding carboxylic acids is 2. The summed E-state index contributed by atoms with van der Waals surface area (Å²) in [7, 11) is -2.47. The lowest BCUT2D eigenvalue weighted by atomic mass is 10.0. The molecule has 1 aliphatic carbocycles. The number of nitrogens with two attached hydrogens (primary N) is 1. The Morgan fingerprint density at radius 2 is 1.86 bits per heavy atom. The van der Waals surface area contributed by atoms with Crippen LogP contribution in [0.2, 0.25) is 0 Å². The van der Waals surface area contributed by atoms with Crippen molar-refractivity contribution in [3.8, 4) is 0 Å². The van der Waals surface area contributed by atoms with Crippen molar-refractivity contribution in [1.29, 1.82) is 0 Å². The zero-order valence-corrected chi connectivity index (χ0v) is 13.0. The Morgan fingerprint density at radius 1 is 1.14 bits per heavy atom. The lowest BCUT2D eigenvalue weighted by Gasteiger charge is -2.35. The van der Waals surface area contributed by atoms with Gasteiger partial charge in [-0.2, -0.15) is 4.31 Å². The number of hydrogen-bond donors (Lipinski definition) is 1. The summed E-state index contributed by atoms with van der Waals surface area (Å²) >= 11 is 0. The first-order valence-corrected chi connectivity index (χ1v) is 8.77. The second kappa shape index (κ2) is 6.31. The van der Waals surface area contributed by atoms with Gasteiger partial charge in [-0.05, 0) is 25.7 Å². The predicted molar refractivity (Wildman–Crippen MR) is 75.6 cm³/mol. The molecule has 21 heavy (non-hydrogen) atoms. The van der Waals surface area contributed by atoms with Gasteiger partial charge in [0, 0.05) is 6.54 Å². The number of ether oxygens (including phenoxy) is 1. The Kier molecular flexibility index (Phi) is 4.88. The summed E-state index contributed by atoms with van der Waals surface area (Å²) in [5.41, 5.74) is 5.34. The highest BCUT2D eigenvalue weighted by atomic mass is 32.2. The van der Waals surface area contributed by atoms with E-state index < -0.39 is 39.1 Å². The van der Waals surface area contributed by atoms with Crippen LogP contribution in [0, 0.1) is 5.92 Å². The molecule has 3 atom stereocenters. The van der Waals surface area contributed by atoms with Gasteiger partial charge < -0.3 is 10.5 Å². The smallest absolute Gasteiger partial charge is 0.310 e. The van der Waals surface area contributed by atoms with Gasteiger partial charge in [-0.1, -0.05) is 12.8 Å².